The first-order chi connectivity index (χ1) is 16.4. The van der Waals surface area contributed by atoms with E-state index >= 15 is 0 Å². The average Bonchev–Trinajstić information content (AvgIpc) is 3.12. The van der Waals surface area contributed by atoms with Gasteiger partial charge in [-0.25, -0.2) is 4.39 Å². The van der Waals surface area contributed by atoms with E-state index in [-0.39, 0.29) is 18.4 Å². The summed E-state index contributed by atoms with van der Waals surface area (Å²) in [7, 11) is 1.55. The third-order valence-electron chi connectivity index (χ3n) is 4.80. The molecule has 0 unspecified atom stereocenters. The number of halogens is 1. The smallest absolute Gasteiger partial charge is 0.270 e. The second kappa shape index (κ2) is 10.5. The molecule has 3 aromatic carbocycles. The van der Waals surface area contributed by atoms with Gasteiger partial charge in [0, 0.05) is 17.3 Å². The summed E-state index contributed by atoms with van der Waals surface area (Å²) in [5, 5.41) is 2.75. The van der Waals surface area contributed by atoms with E-state index in [1.54, 1.807) is 61.7 Å². The summed E-state index contributed by atoms with van der Waals surface area (Å²) in [6.45, 7) is -0.224. The summed E-state index contributed by atoms with van der Waals surface area (Å²) in [5.41, 5.74) is 1.70. The molecular formula is C25H19FN2O4S2. The van der Waals surface area contributed by atoms with E-state index < -0.39 is 5.82 Å². The van der Waals surface area contributed by atoms with Crippen molar-refractivity contribution in [1.82, 2.24) is 0 Å². The van der Waals surface area contributed by atoms with Crippen molar-refractivity contribution in [2.24, 2.45) is 0 Å². The number of rotatable bonds is 7. The van der Waals surface area contributed by atoms with Crippen LogP contribution in [0.3, 0.4) is 0 Å². The number of amides is 2. The van der Waals surface area contributed by atoms with Crippen LogP contribution in [0, 0.1) is 5.82 Å². The fourth-order valence-electron chi connectivity index (χ4n) is 3.19. The molecule has 4 rings (SSSR count). The zero-order chi connectivity index (χ0) is 24.1. The van der Waals surface area contributed by atoms with E-state index in [1.807, 2.05) is 0 Å². The largest absolute Gasteiger partial charge is 0.497 e. The maximum atomic E-state index is 13.3. The Morgan fingerprint density at radius 2 is 1.88 bits per heavy atom. The van der Waals surface area contributed by atoms with Crippen molar-refractivity contribution in [3.63, 3.8) is 0 Å². The van der Waals surface area contributed by atoms with Crippen LogP contribution in [-0.4, -0.2) is 29.9 Å². The number of ether oxygens (including phenoxy) is 2. The zero-order valence-electron chi connectivity index (χ0n) is 18.0. The Morgan fingerprint density at radius 3 is 2.65 bits per heavy atom. The second-order valence-corrected chi connectivity index (χ2v) is 8.78. The highest BCUT2D eigenvalue weighted by Gasteiger charge is 2.33. The molecule has 172 valence electrons. The number of carbonyl (C=O) groups excluding carboxylic acids is 2. The lowest BCUT2D eigenvalue weighted by atomic mass is 10.2. The van der Waals surface area contributed by atoms with Gasteiger partial charge in [-0.2, -0.15) is 0 Å². The monoisotopic (exact) mass is 494 g/mol. The predicted octanol–water partition coefficient (Wildman–Crippen LogP) is 5.26. The van der Waals surface area contributed by atoms with Crippen molar-refractivity contribution in [1.29, 1.82) is 0 Å². The third kappa shape index (κ3) is 5.44. The first-order valence-corrected chi connectivity index (χ1v) is 11.4. The molecule has 0 atom stereocenters. The van der Waals surface area contributed by atoms with Gasteiger partial charge < -0.3 is 14.8 Å². The SMILES string of the molecule is COc1cccc(NC(=O)COc2ccccc2/C=C2\SC(=S)N(c3ccc(F)cc3)C2=O)c1. The summed E-state index contributed by atoms with van der Waals surface area (Å²) in [6.07, 6.45) is 1.66. The van der Waals surface area contributed by atoms with Crippen LogP contribution in [0.2, 0.25) is 0 Å². The first-order valence-electron chi connectivity index (χ1n) is 10.1. The molecule has 1 aliphatic rings. The van der Waals surface area contributed by atoms with E-state index in [1.165, 1.54) is 29.2 Å². The quantitative estimate of drug-likeness (QED) is 0.357. The summed E-state index contributed by atoms with van der Waals surface area (Å²) >= 11 is 6.51. The summed E-state index contributed by atoms with van der Waals surface area (Å²) in [5.74, 6) is 0.0153. The van der Waals surface area contributed by atoms with Gasteiger partial charge in [-0.3, -0.25) is 14.5 Å². The van der Waals surface area contributed by atoms with Gasteiger partial charge in [0.2, 0.25) is 0 Å². The molecule has 0 spiro atoms. The number of nitrogens with one attached hydrogen (secondary N) is 1. The van der Waals surface area contributed by atoms with Crippen LogP contribution in [0.1, 0.15) is 5.56 Å². The molecule has 0 saturated carbocycles. The minimum atomic E-state index is -0.397. The molecular weight excluding hydrogens is 475 g/mol. The van der Waals surface area contributed by atoms with E-state index in [2.05, 4.69) is 5.32 Å². The van der Waals surface area contributed by atoms with Gasteiger partial charge in [0.05, 0.1) is 17.7 Å². The van der Waals surface area contributed by atoms with Crippen LogP contribution in [-0.2, 0) is 9.59 Å². The molecule has 0 aliphatic carbocycles. The molecule has 1 fully saturated rings. The van der Waals surface area contributed by atoms with Crippen molar-refractivity contribution in [2.75, 3.05) is 23.9 Å². The number of thiocarbonyl (C=S) groups is 1. The van der Waals surface area contributed by atoms with Crippen LogP contribution in [0.25, 0.3) is 6.08 Å². The van der Waals surface area contributed by atoms with Crippen LogP contribution in [0.15, 0.2) is 77.7 Å². The van der Waals surface area contributed by atoms with Crippen molar-refractivity contribution in [3.8, 4) is 11.5 Å². The molecule has 6 nitrogen and oxygen atoms in total. The summed E-state index contributed by atoms with van der Waals surface area (Å²) < 4.78 is 24.5. The number of hydrogen-bond acceptors (Lipinski definition) is 6. The fourth-order valence-corrected chi connectivity index (χ4v) is 4.48. The lowest BCUT2D eigenvalue weighted by molar-refractivity contribution is -0.118. The Hall–Kier alpha value is -3.69. The molecule has 1 aliphatic heterocycles. The molecule has 1 N–H and O–H groups in total. The van der Waals surface area contributed by atoms with Crippen molar-refractivity contribution in [3.05, 3.63) is 89.1 Å². The minimum Gasteiger partial charge on any atom is -0.497 e. The number of methoxy groups -OCH3 is 1. The zero-order valence-corrected chi connectivity index (χ0v) is 19.6. The van der Waals surface area contributed by atoms with Gasteiger partial charge in [-0.1, -0.05) is 48.2 Å². The lowest BCUT2D eigenvalue weighted by Gasteiger charge is -2.14. The summed E-state index contributed by atoms with van der Waals surface area (Å²) in [4.78, 5) is 27.1. The molecule has 0 bridgehead atoms. The van der Waals surface area contributed by atoms with E-state index in [0.717, 1.165) is 11.8 Å². The average molecular weight is 495 g/mol. The normalized spacial score (nSPS) is 14.4. The van der Waals surface area contributed by atoms with Crippen molar-refractivity contribution in [2.45, 2.75) is 0 Å². The Kier molecular flexibility index (Phi) is 7.24. The highest BCUT2D eigenvalue weighted by Crippen LogP contribution is 2.37. The fraction of sp³-hybridized carbons (Fsp3) is 0.0800. The molecule has 9 heteroatoms. The molecule has 2 amide bonds. The van der Waals surface area contributed by atoms with Gasteiger partial charge >= 0.3 is 0 Å². The molecule has 0 aromatic heterocycles. The molecule has 0 radical (unpaired) electrons. The third-order valence-corrected chi connectivity index (χ3v) is 6.10. The predicted molar refractivity (Wildman–Crippen MR) is 136 cm³/mol. The Bertz CT molecular complexity index is 1280. The van der Waals surface area contributed by atoms with Crippen LogP contribution in [0.4, 0.5) is 15.8 Å². The Morgan fingerprint density at radius 1 is 1.12 bits per heavy atom. The number of nitrogens with zero attached hydrogens (tertiary/aromatic N) is 1. The second-order valence-electron chi connectivity index (χ2n) is 7.10. The van der Waals surface area contributed by atoms with Crippen molar-refractivity contribution < 1.29 is 23.5 Å². The van der Waals surface area contributed by atoms with Crippen LogP contribution < -0.4 is 19.7 Å². The Labute approximate surface area is 205 Å². The number of hydrogen-bond donors (Lipinski definition) is 1. The number of thioether (sulfide) groups is 1. The van der Waals surface area contributed by atoms with Crippen LogP contribution >= 0.6 is 24.0 Å². The number of benzene rings is 3. The maximum absolute atomic E-state index is 13.3. The standard InChI is InChI=1S/C25H19FN2O4S2/c1-31-20-7-4-6-18(14-20)27-23(29)15-32-21-8-3-2-5-16(21)13-22-24(30)28(25(33)34-22)19-11-9-17(26)10-12-19/h2-14H,15H2,1H3,(H,27,29)/b22-13-. The first kappa shape index (κ1) is 23.5. The molecule has 34 heavy (non-hydrogen) atoms. The highest BCUT2D eigenvalue weighted by atomic mass is 32.2. The lowest BCUT2D eigenvalue weighted by Crippen LogP contribution is -2.27. The molecule has 3 aromatic rings. The van der Waals surface area contributed by atoms with Crippen LogP contribution in [0.5, 0.6) is 11.5 Å². The van der Waals surface area contributed by atoms with E-state index in [4.69, 9.17) is 21.7 Å². The minimum absolute atomic E-state index is 0.224. The van der Waals surface area contributed by atoms with Gasteiger partial charge in [0.1, 0.15) is 17.3 Å². The Balaban J connectivity index is 1.46. The van der Waals surface area contributed by atoms with Gasteiger partial charge in [-0.15, -0.1) is 0 Å². The maximum Gasteiger partial charge on any atom is 0.270 e. The summed E-state index contributed by atoms with van der Waals surface area (Å²) in [6, 6.07) is 19.6. The molecule has 1 heterocycles. The highest BCUT2D eigenvalue weighted by molar-refractivity contribution is 8.27. The van der Waals surface area contributed by atoms with Crippen molar-refractivity contribution >= 4 is 57.6 Å². The number of anilines is 2. The van der Waals surface area contributed by atoms with Gasteiger partial charge in [0.15, 0.2) is 10.9 Å². The van der Waals surface area contributed by atoms with Gasteiger partial charge in [-0.05, 0) is 48.5 Å². The molecule has 1 saturated heterocycles. The number of carbonyl (C=O) groups is 2. The van der Waals surface area contributed by atoms with E-state index in [0.29, 0.717) is 37.7 Å². The topological polar surface area (TPSA) is 67.9 Å². The number of para-hydroxylation sites is 1. The van der Waals surface area contributed by atoms with Gasteiger partial charge in [0.25, 0.3) is 11.8 Å². The van der Waals surface area contributed by atoms with E-state index in [9.17, 15) is 14.0 Å².